The Balaban J connectivity index is 1.45. The highest BCUT2D eigenvalue weighted by atomic mass is 16.5. The minimum atomic E-state index is -0.589. The van der Waals surface area contributed by atoms with Gasteiger partial charge in [-0.2, -0.15) is 0 Å². The van der Waals surface area contributed by atoms with Crippen molar-refractivity contribution in [1.29, 1.82) is 0 Å². The van der Waals surface area contributed by atoms with Crippen molar-refractivity contribution in [1.82, 2.24) is 10.2 Å². The van der Waals surface area contributed by atoms with Gasteiger partial charge >= 0.3 is 0 Å². The third-order valence-corrected chi connectivity index (χ3v) is 5.58. The van der Waals surface area contributed by atoms with Crippen LogP contribution >= 0.6 is 0 Å². The number of hydrogen-bond donors (Lipinski definition) is 2. The van der Waals surface area contributed by atoms with Crippen molar-refractivity contribution in [2.24, 2.45) is 5.92 Å². The number of aliphatic hydroxyl groups is 1. The Morgan fingerprint density at radius 1 is 1.10 bits per heavy atom. The second-order valence-corrected chi connectivity index (χ2v) is 8.32. The van der Waals surface area contributed by atoms with Gasteiger partial charge in [0.2, 0.25) is 0 Å². The number of nitrogens with one attached hydrogen (secondary N) is 1. The first-order valence-corrected chi connectivity index (χ1v) is 11.1. The molecule has 1 saturated heterocycles. The molecule has 6 nitrogen and oxygen atoms in total. The largest absolute Gasteiger partial charge is 0.493 e. The summed E-state index contributed by atoms with van der Waals surface area (Å²) in [6.45, 7) is 5.05. The molecular formula is C25H36N2O4. The van der Waals surface area contributed by atoms with Crippen LogP contribution in [-0.2, 0) is 17.8 Å². The van der Waals surface area contributed by atoms with E-state index in [0.717, 1.165) is 51.3 Å². The highest BCUT2D eigenvalue weighted by molar-refractivity contribution is 5.43. The normalized spacial score (nSPS) is 15.7. The maximum Gasteiger partial charge on any atom is 0.161 e. The predicted octanol–water partition coefficient (Wildman–Crippen LogP) is 3.08. The molecule has 0 spiro atoms. The maximum atomic E-state index is 10.4. The number of ether oxygens (including phenoxy) is 3. The second kappa shape index (κ2) is 12.7. The minimum absolute atomic E-state index is 0.217. The van der Waals surface area contributed by atoms with Crippen LogP contribution in [0.5, 0.6) is 11.5 Å². The van der Waals surface area contributed by atoms with E-state index in [1.807, 2.05) is 43.4 Å². The molecule has 0 amide bonds. The average molecular weight is 429 g/mol. The highest BCUT2D eigenvalue weighted by Crippen LogP contribution is 2.28. The Morgan fingerprint density at radius 3 is 2.61 bits per heavy atom. The van der Waals surface area contributed by atoms with Crippen molar-refractivity contribution in [2.45, 2.75) is 32.0 Å². The molecule has 0 aliphatic carbocycles. The van der Waals surface area contributed by atoms with E-state index in [9.17, 15) is 5.11 Å². The van der Waals surface area contributed by atoms with Crippen LogP contribution in [0.1, 0.15) is 24.0 Å². The van der Waals surface area contributed by atoms with Gasteiger partial charge in [-0.15, -0.1) is 0 Å². The SMILES string of the molecule is COc1ccc(CNCC2CCOCC2)cc1OC[C@H](O)CN(C)Cc1ccccc1. The van der Waals surface area contributed by atoms with Crippen molar-refractivity contribution in [3.05, 3.63) is 59.7 Å². The van der Waals surface area contributed by atoms with Crippen LogP contribution in [0.15, 0.2) is 48.5 Å². The van der Waals surface area contributed by atoms with E-state index in [1.165, 1.54) is 5.56 Å². The summed E-state index contributed by atoms with van der Waals surface area (Å²) in [4.78, 5) is 2.09. The van der Waals surface area contributed by atoms with E-state index in [1.54, 1.807) is 7.11 Å². The van der Waals surface area contributed by atoms with E-state index in [4.69, 9.17) is 14.2 Å². The molecule has 2 N–H and O–H groups in total. The molecule has 0 aromatic heterocycles. The lowest BCUT2D eigenvalue weighted by Crippen LogP contribution is -2.32. The summed E-state index contributed by atoms with van der Waals surface area (Å²) in [5.74, 6) is 2.03. The van der Waals surface area contributed by atoms with Gasteiger partial charge in [-0.3, -0.25) is 4.90 Å². The molecule has 0 bridgehead atoms. The molecule has 2 aromatic carbocycles. The molecule has 31 heavy (non-hydrogen) atoms. The number of rotatable bonds is 12. The number of methoxy groups -OCH3 is 1. The first kappa shape index (κ1) is 23.5. The molecule has 0 unspecified atom stereocenters. The smallest absolute Gasteiger partial charge is 0.161 e. The van der Waals surface area contributed by atoms with Gasteiger partial charge in [0.25, 0.3) is 0 Å². The van der Waals surface area contributed by atoms with Crippen LogP contribution in [0.2, 0.25) is 0 Å². The zero-order valence-electron chi connectivity index (χ0n) is 18.8. The van der Waals surface area contributed by atoms with Gasteiger partial charge in [0, 0.05) is 32.8 Å². The summed E-state index contributed by atoms with van der Waals surface area (Å²) in [6, 6.07) is 16.2. The van der Waals surface area contributed by atoms with Crippen LogP contribution in [0.4, 0.5) is 0 Å². The van der Waals surface area contributed by atoms with E-state index < -0.39 is 6.10 Å². The first-order chi connectivity index (χ1) is 15.1. The number of likely N-dealkylation sites (N-methyl/N-ethyl adjacent to an activating group) is 1. The van der Waals surface area contributed by atoms with Crippen LogP contribution in [0.25, 0.3) is 0 Å². The average Bonchev–Trinajstić information content (AvgIpc) is 2.79. The number of benzene rings is 2. The van der Waals surface area contributed by atoms with Gasteiger partial charge < -0.3 is 24.6 Å². The number of hydrogen-bond acceptors (Lipinski definition) is 6. The molecule has 1 heterocycles. The van der Waals surface area contributed by atoms with E-state index in [-0.39, 0.29) is 6.61 Å². The Bertz CT molecular complexity index is 765. The van der Waals surface area contributed by atoms with E-state index in [0.29, 0.717) is 24.0 Å². The van der Waals surface area contributed by atoms with Crippen molar-refractivity contribution in [2.75, 3.05) is 47.1 Å². The standard InChI is InChI=1S/C25H36N2O4/c1-27(17-21-6-4-3-5-7-21)18-23(28)19-31-25-14-22(8-9-24(25)29-2)16-26-15-20-10-12-30-13-11-20/h3-9,14,20,23,26,28H,10-13,15-19H2,1-2H3/t23-/m1/s1. The van der Waals surface area contributed by atoms with E-state index in [2.05, 4.69) is 22.3 Å². The fraction of sp³-hybridized carbons (Fsp3) is 0.520. The van der Waals surface area contributed by atoms with Gasteiger partial charge in [-0.1, -0.05) is 36.4 Å². The van der Waals surface area contributed by atoms with Gasteiger partial charge in [0.15, 0.2) is 11.5 Å². The third-order valence-electron chi connectivity index (χ3n) is 5.58. The molecule has 1 atom stereocenters. The number of aliphatic hydroxyl groups excluding tert-OH is 1. The first-order valence-electron chi connectivity index (χ1n) is 11.1. The Labute approximate surface area is 186 Å². The van der Waals surface area contributed by atoms with Gasteiger partial charge in [-0.05, 0) is 55.6 Å². The summed E-state index contributed by atoms with van der Waals surface area (Å²) >= 11 is 0. The Morgan fingerprint density at radius 2 is 1.87 bits per heavy atom. The van der Waals surface area contributed by atoms with Crippen LogP contribution < -0.4 is 14.8 Å². The van der Waals surface area contributed by atoms with E-state index >= 15 is 0 Å². The van der Waals surface area contributed by atoms with Gasteiger partial charge in [0.05, 0.1) is 7.11 Å². The summed E-state index contributed by atoms with van der Waals surface area (Å²) in [7, 11) is 3.64. The summed E-state index contributed by atoms with van der Waals surface area (Å²) < 4.78 is 16.8. The second-order valence-electron chi connectivity index (χ2n) is 8.32. The zero-order chi connectivity index (χ0) is 21.9. The monoisotopic (exact) mass is 428 g/mol. The molecule has 6 heteroatoms. The van der Waals surface area contributed by atoms with Crippen LogP contribution in [0, 0.1) is 5.92 Å². The van der Waals surface area contributed by atoms with Crippen molar-refractivity contribution >= 4 is 0 Å². The highest BCUT2D eigenvalue weighted by Gasteiger charge is 2.14. The molecule has 170 valence electrons. The molecule has 1 aliphatic heterocycles. The molecule has 1 aliphatic rings. The van der Waals surface area contributed by atoms with Crippen LogP contribution in [-0.4, -0.2) is 63.2 Å². The molecule has 2 aromatic rings. The van der Waals surface area contributed by atoms with Crippen LogP contribution in [0.3, 0.4) is 0 Å². The fourth-order valence-corrected chi connectivity index (χ4v) is 3.87. The van der Waals surface area contributed by atoms with Crippen molar-refractivity contribution in [3.8, 4) is 11.5 Å². The quantitative estimate of drug-likeness (QED) is 0.542. The minimum Gasteiger partial charge on any atom is -0.493 e. The maximum absolute atomic E-state index is 10.4. The Hall–Kier alpha value is -2.12. The zero-order valence-corrected chi connectivity index (χ0v) is 18.8. The molecular weight excluding hydrogens is 392 g/mol. The topological polar surface area (TPSA) is 63.2 Å². The van der Waals surface area contributed by atoms with Gasteiger partial charge in [0.1, 0.15) is 12.7 Å². The molecule has 0 saturated carbocycles. The Kier molecular flexibility index (Phi) is 9.62. The van der Waals surface area contributed by atoms with Crippen molar-refractivity contribution < 1.29 is 19.3 Å². The number of nitrogens with zero attached hydrogens (tertiary/aromatic N) is 1. The third kappa shape index (κ3) is 8.15. The molecule has 1 fully saturated rings. The summed E-state index contributed by atoms with van der Waals surface area (Å²) in [5.41, 5.74) is 2.36. The fourth-order valence-electron chi connectivity index (χ4n) is 3.87. The predicted molar refractivity (Wildman–Crippen MR) is 123 cm³/mol. The lowest BCUT2D eigenvalue weighted by atomic mass is 10.0. The lowest BCUT2D eigenvalue weighted by Gasteiger charge is -2.22. The lowest BCUT2D eigenvalue weighted by molar-refractivity contribution is 0.0662. The summed E-state index contributed by atoms with van der Waals surface area (Å²) in [5, 5.41) is 14.0. The van der Waals surface area contributed by atoms with Gasteiger partial charge in [-0.25, -0.2) is 0 Å². The van der Waals surface area contributed by atoms with Crippen molar-refractivity contribution in [3.63, 3.8) is 0 Å². The summed E-state index contributed by atoms with van der Waals surface area (Å²) in [6.07, 6.45) is 1.66. The molecule has 3 rings (SSSR count). The molecule has 0 radical (unpaired) electrons.